The van der Waals surface area contributed by atoms with Gasteiger partial charge in [0.05, 0.1) is 5.69 Å². The van der Waals surface area contributed by atoms with Crippen LogP contribution >= 0.6 is 11.6 Å². The Balaban J connectivity index is 1.78. The van der Waals surface area contributed by atoms with Gasteiger partial charge in [-0.1, -0.05) is 36.6 Å². The summed E-state index contributed by atoms with van der Waals surface area (Å²) in [6.07, 6.45) is 4.96. The lowest BCUT2D eigenvalue weighted by Gasteiger charge is -2.11. The third-order valence-corrected chi connectivity index (χ3v) is 4.21. The van der Waals surface area contributed by atoms with E-state index in [1.54, 1.807) is 0 Å². The molecule has 110 valence electrons. The highest BCUT2D eigenvalue weighted by atomic mass is 35.5. The molecule has 21 heavy (non-hydrogen) atoms. The van der Waals surface area contributed by atoms with Crippen LogP contribution < -0.4 is 10.9 Å². The predicted octanol–water partition coefficient (Wildman–Crippen LogP) is 3.12. The number of hydrogen-bond acceptors (Lipinski definition) is 3. The zero-order valence-corrected chi connectivity index (χ0v) is 12.5. The number of halogens is 1. The summed E-state index contributed by atoms with van der Waals surface area (Å²) >= 11 is 5.89. The van der Waals surface area contributed by atoms with Crippen LogP contribution in [0.2, 0.25) is 5.02 Å². The summed E-state index contributed by atoms with van der Waals surface area (Å²) in [5.74, 6) is 0. The number of benzene rings is 1. The van der Waals surface area contributed by atoms with Crippen LogP contribution in [0.4, 0.5) is 0 Å². The predicted molar refractivity (Wildman–Crippen MR) is 84.4 cm³/mol. The van der Waals surface area contributed by atoms with E-state index in [1.165, 1.54) is 25.7 Å². The second-order valence-corrected chi connectivity index (χ2v) is 5.91. The maximum absolute atomic E-state index is 11.9. The van der Waals surface area contributed by atoms with E-state index in [1.807, 2.05) is 30.3 Å². The summed E-state index contributed by atoms with van der Waals surface area (Å²) in [5.41, 5.74) is 2.30. The normalized spacial score (nSPS) is 15.5. The molecule has 1 aliphatic rings. The summed E-state index contributed by atoms with van der Waals surface area (Å²) in [6.45, 7) is 0.586. The number of aromatic nitrogens is 2. The molecule has 1 aromatic heterocycles. The van der Waals surface area contributed by atoms with Crippen LogP contribution in [0.3, 0.4) is 0 Å². The molecule has 0 bridgehead atoms. The maximum atomic E-state index is 11.9. The molecule has 0 spiro atoms. The first-order chi connectivity index (χ1) is 10.2. The zero-order chi connectivity index (χ0) is 14.7. The highest BCUT2D eigenvalue weighted by Gasteiger charge is 2.15. The Labute approximate surface area is 128 Å². The van der Waals surface area contributed by atoms with Gasteiger partial charge in [-0.25, -0.2) is 5.10 Å². The van der Waals surface area contributed by atoms with Crippen LogP contribution in [0.5, 0.6) is 0 Å². The smallest absolute Gasteiger partial charge is 0.268 e. The number of nitrogens with one attached hydrogen (secondary N) is 2. The van der Waals surface area contributed by atoms with Gasteiger partial charge in [0.15, 0.2) is 0 Å². The first-order valence-electron chi connectivity index (χ1n) is 7.30. The van der Waals surface area contributed by atoms with Crippen molar-refractivity contribution in [2.24, 2.45) is 0 Å². The molecule has 0 aliphatic heterocycles. The summed E-state index contributed by atoms with van der Waals surface area (Å²) < 4.78 is 0. The Kier molecular flexibility index (Phi) is 4.36. The standard InChI is InChI=1S/C16H18ClN3O/c17-13-7-5-11(6-8-13)15-9-12(16(21)20-19-15)10-18-14-3-1-2-4-14/h5-9,14,18H,1-4,10H2,(H,20,21). The van der Waals surface area contributed by atoms with E-state index in [-0.39, 0.29) is 5.56 Å². The summed E-state index contributed by atoms with van der Waals surface area (Å²) in [7, 11) is 0. The van der Waals surface area contributed by atoms with Crippen molar-refractivity contribution < 1.29 is 0 Å². The van der Waals surface area contributed by atoms with Gasteiger partial charge >= 0.3 is 0 Å². The third kappa shape index (κ3) is 3.52. The Bertz CT molecular complexity index is 660. The van der Waals surface area contributed by atoms with Gasteiger partial charge in [-0.15, -0.1) is 0 Å². The van der Waals surface area contributed by atoms with Crippen molar-refractivity contribution in [3.8, 4) is 11.3 Å². The molecule has 0 saturated heterocycles. The first kappa shape index (κ1) is 14.3. The van der Waals surface area contributed by atoms with Crippen molar-refractivity contribution in [2.45, 2.75) is 38.3 Å². The molecule has 1 saturated carbocycles. The number of aromatic amines is 1. The average molecular weight is 304 g/mol. The largest absolute Gasteiger partial charge is 0.310 e. The Hall–Kier alpha value is -1.65. The SMILES string of the molecule is O=c1[nH]nc(-c2ccc(Cl)cc2)cc1CNC1CCCC1. The molecule has 1 aromatic carbocycles. The van der Waals surface area contributed by atoms with E-state index in [0.717, 1.165) is 16.8 Å². The van der Waals surface area contributed by atoms with Crippen LogP contribution in [0.1, 0.15) is 31.2 Å². The molecule has 0 amide bonds. The second-order valence-electron chi connectivity index (χ2n) is 5.48. The fraction of sp³-hybridized carbons (Fsp3) is 0.375. The van der Waals surface area contributed by atoms with Crippen LogP contribution in [-0.4, -0.2) is 16.2 Å². The van der Waals surface area contributed by atoms with Gasteiger partial charge in [0.25, 0.3) is 5.56 Å². The third-order valence-electron chi connectivity index (χ3n) is 3.96. The van der Waals surface area contributed by atoms with Gasteiger partial charge in [0.1, 0.15) is 0 Å². The quantitative estimate of drug-likeness (QED) is 0.912. The van der Waals surface area contributed by atoms with Crippen LogP contribution in [0.15, 0.2) is 35.1 Å². The number of H-pyrrole nitrogens is 1. The maximum Gasteiger partial charge on any atom is 0.268 e. The topological polar surface area (TPSA) is 57.8 Å². The monoisotopic (exact) mass is 303 g/mol. The molecule has 4 nitrogen and oxygen atoms in total. The Morgan fingerprint density at radius 1 is 1.24 bits per heavy atom. The molecule has 5 heteroatoms. The van der Waals surface area contributed by atoms with Crippen molar-refractivity contribution in [3.63, 3.8) is 0 Å². The fourth-order valence-corrected chi connectivity index (χ4v) is 2.86. The number of hydrogen-bond donors (Lipinski definition) is 2. The van der Waals surface area contributed by atoms with Crippen molar-refractivity contribution in [1.29, 1.82) is 0 Å². The summed E-state index contributed by atoms with van der Waals surface area (Å²) in [6, 6.07) is 9.83. The lowest BCUT2D eigenvalue weighted by Crippen LogP contribution is -2.29. The average Bonchev–Trinajstić information content (AvgIpc) is 3.01. The minimum atomic E-state index is -0.127. The molecule has 0 radical (unpaired) electrons. The fourth-order valence-electron chi connectivity index (χ4n) is 2.73. The Morgan fingerprint density at radius 2 is 1.95 bits per heavy atom. The minimum absolute atomic E-state index is 0.127. The van der Waals surface area contributed by atoms with Crippen molar-refractivity contribution in [2.75, 3.05) is 0 Å². The molecule has 0 unspecified atom stereocenters. The molecular weight excluding hydrogens is 286 g/mol. The van der Waals surface area contributed by atoms with Crippen molar-refractivity contribution >= 4 is 11.6 Å². The minimum Gasteiger partial charge on any atom is -0.310 e. The lowest BCUT2D eigenvalue weighted by atomic mass is 10.1. The van der Waals surface area contributed by atoms with E-state index in [0.29, 0.717) is 17.6 Å². The van der Waals surface area contributed by atoms with Gasteiger partial charge in [0.2, 0.25) is 0 Å². The molecule has 1 aliphatic carbocycles. The van der Waals surface area contributed by atoms with Crippen LogP contribution in [0, 0.1) is 0 Å². The molecule has 1 heterocycles. The highest BCUT2D eigenvalue weighted by molar-refractivity contribution is 6.30. The van der Waals surface area contributed by atoms with Gasteiger partial charge in [-0.05, 0) is 31.0 Å². The Morgan fingerprint density at radius 3 is 2.67 bits per heavy atom. The van der Waals surface area contributed by atoms with Crippen molar-refractivity contribution in [3.05, 3.63) is 51.3 Å². The van der Waals surface area contributed by atoms with E-state index in [9.17, 15) is 4.79 Å². The van der Waals surface area contributed by atoms with Crippen LogP contribution in [0.25, 0.3) is 11.3 Å². The van der Waals surface area contributed by atoms with E-state index >= 15 is 0 Å². The highest BCUT2D eigenvalue weighted by Crippen LogP contribution is 2.20. The molecule has 0 atom stereocenters. The lowest BCUT2D eigenvalue weighted by molar-refractivity contribution is 0.522. The number of nitrogens with zero attached hydrogens (tertiary/aromatic N) is 1. The molecular formula is C16H18ClN3O. The second kappa shape index (κ2) is 6.41. The van der Waals surface area contributed by atoms with E-state index in [2.05, 4.69) is 15.5 Å². The molecule has 1 fully saturated rings. The zero-order valence-electron chi connectivity index (χ0n) is 11.7. The molecule has 2 N–H and O–H groups in total. The van der Waals surface area contributed by atoms with Crippen LogP contribution in [-0.2, 0) is 6.54 Å². The molecule has 2 aromatic rings. The number of rotatable bonds is 4. The first-order valence-corrected chi connectivity index (χ1v) is 7.68. The van der Waals surface area contributed by atoms with Gasteiger partial charge in [-0.3, -0.25) is 4.79 Å². The van der Waals surface area contributed by atoms with E-state index in [4.69, 9.17) is 11.6 Å². The van der Waals surface area contributed by atoms with Crippen molar-refractivity contribution in [1.82, 2.24) is 15.5 Å². The van der Waals surface area contributed by atoms with Gasteiger partial charge in [0, 0.05) is 28.7 Å². The van der Waals surface area contributed by atoms with Gasteiger partial charge < -0.3 is 5.32 Å². The molecule has 3 rings (SSSR count). The summed E-state index contributed by atoms with van der Waals surface area (Å²) in [4.78, 5) is 11.9. The van der Waals surface area contributed by atoms with E-state index < -0.39 is 0 Å². The van der Waals surface area contributed by atoms with Gasteiger partial charge in [-0.2, -0.15) is 5.10 Å². The summed E-state index contributed by atoms with van der Waals surface area (Å²) in [5, 5.41) is 10.8.